The first-order chi connectivity index (χ1) is 11.8. The Labute approximate surface area is 150 Å². The van der Waals surface area contributed by atoms with Gasteiger partial charge in [-0.1, -0.05) is 60.7 Å². The number of aromatic nitrogens is 3. The summed E-state index contributed by atoms with van der Waals surface area (Å²) in [5.41, 5.74) is 2.62. The molecule has 3 rings (SSSR count). The molecule has 1 aromatic heterocycles. The Balaban J connectivity index is 1.46. The number of hydrogen-bond acceptors (Lipinski definition) is 5. The summed E-state index contributed by atoms with van der Waals surface area (Å²) in [7, 11) is 0. The van der Waals surface area contributed by atoms with Crippen molar-refractivity contribution < 1.29 is 0 Å². The lowest BCUT2D eigenvalue weighted by molar-refractivity contribution is 0.874. The van der Waals surface area contributed by atoms with Crippen molar-refractivity contribution in [1.82, 2.24) is 14.9 Å². The van der Waals surface area contributed by atoms with E-state index in [2.05, 4.69) is 58.7 Å². The Hall–Kier alpha value is -1.92. The van der Waals surface area contributed by atoms with E-state index >= 15 is 0 Å². The first kappa shape index (κ1) is 16.9. The molecule has 2 aromatic carbocycles. The topological polar surface area (TPSA) is 56.7 Å². The van der Waals surface area contributed by atoms with E-state index in [-0.39, 0.29) is 0 Å². The second-order valence-electron chi connectivity index (χ2n) is 5.36. The molecule has 0 bridgehead atoms. The fourth-order valence-electron chi connectivity index (χ4n) is 2.23. The molecule has 4 nitrogen and oxygen atoms in total. The molecular weight excluding hydrogens is 336 g/mol. The lowest BCUT2D eigenvalue weighted by Crippen LogP contribution is -2.15. The lowest BCUT2D eigenvalue weighted by Gasteiger charge is -2.04. The van der Waals surface area contributed by atoms with Crippen molar-refractivity contribution in [3.63, 3.8) is 0 Å². The van der Waals surface area contributed by atoms with Gasteiger partial charge in [-0.15, -0.1) is 33.7 Å². The van der Waals surface area contributed by atoms with Gasteiger partial charge in [-0.3, -0.25) is 0 Å². The van der Waals surface area contributed by atoms with E-state index in [9.17, 15) is 0 Å². The second kappa shape index (κ2) is 8.80. The molecule has 24 heavy (non-hydrogen) atoms. The summed E-state index contributed by atoms with van der Waals surface area (Å²) in [6.07, 6.45) is 0. The fourth-order valence-corrected chi connectivity index (χ4v) is 4.05. The van der Waals surface area contributed by atoms with Crippen molar-refractivity contribution in [2.75, 3.05) is 5.84 Å². The van der Waals surface area contributed by atoms with Crippen LogP contribution in [0.15, 0.2) is 60.7 Å². The fraction of sp³-hybridized carbons (Fsp3) is 0.222. The Morgan fingerprint density at radius 2 is 1.08 bits per heavy atom. The average molecular weight is 357 g/mol. The monoisotopic (exact) mass is 356 g/mol. The van der Waals surface area contributed by atoms with Crippen LogP contribution in [0.2, 0.25) is 0 Å². The maximum atomic E-state index is 6.13. The van der Waals surface area contributed by atoms with Crippen molar-refractivity contribution in [2.45, 2.75) is 23.0 Å². The van der Waals surface area contributed by atoms with Crippen LogP contribution in [0, 0.1) is 0 Å². The summed E-state index contributed by atoms with van der Waals surface area (Å²) < 4.78 is 1.63. The normalized spacial score (nSPS) is 10.8. The zero-order chi connectivity index (χ0) is 16.6. The highest BCUT2D eigenvalue weighted by atomic mass is 32.2. The van der Waals surface area contributed by atoms with Crippen LogP contribution in [0.25, 0.3) is 0 Å². The van der Waals surface area contributed by atoms with Gasteiger partial charge in [0.15, 0.2) is 11.6 Å². The van der Waals surface area contributed by atoms with E-state index < -0.39 is 0 Å². The molecule has 0 unspecified atom stereocenters. The first-order valence-corrected chi connectivity index (χ1v) is 10.1. The van der Waals surface area contributed by atoms with Crippen LogP contribution < -0.4 is 5.84 Å². The Morgan fingerprint density at radius 3 is 1.50 bits per heavy atom. The molecule has 2 N–H and O–H groups in total. The third kappa shape index (κ3) is 4.79. The van der Waals surface area contributed by atoms with Crippen molar-refractivity contribution in [3.05, 3.63) is 83.4 Å². The number of thioether (sulfide) groups is 2. The Morgan fingerprint density at radius 1 is 0.667 bits per heavy atom. The number of hydrogen-bond donors (Lipinski definition) is 1. The molecule has 6 heteroatoms. The van der Waals surface area contributed by atoms with Crippen LogP contribution in [-0.2, 0) is 23.0 Å². The highest BCUT2D eigenvalue weighted by Crippen LogP contribution is 2.19. The molecule has 0 fully saturated rings. The number of nitrogen functional groups attached to an aromatic ring is 1. The zero-order valence-electron chi connectivity index (χ0n) is 13.3. The molecule has 0 saturated carbocycles. The summed E-state index contributed by atoms with van der Waals surface area (Å²) in [5, 5.41) is 8.45. The van der Waals surface area contributed by atoms with E-state index in [4.69, 9.17) is 5.84 Å². The van der Waals surface area contributed by atoms with Gasteiger partial charge in [0.1, 0.15) is 0 Å². The molecule has 1 heterocycles. The van der Waals surface area contributed by atoms with Gasteiger partial charge in [0, 0.05) is 11.5 Å². The maximum Gasteiger partial charge on any atom is 0.161 e. The van der Waals surface area contributed by atoms with Crippen molar-refractivity contribution in [3.8, 4) is 0 Å². The first-order valence-electron chi connectivity index (χ1n) is 7.74. The lowest BCUT2D eigenvalue weighted by atomic mass is 10.2. The van der Waals surface area contributed by atoms with Crippen molar-refractivity contribution in [2.24, 2.45) is 0 Å². The molecule has 0 aliphatic heterocycles. The SMILES string of the molecule is Nn1c(CSCc2ccccc2)nnc1CSCc1ccccc1. The van der Waals surface area contributed by atoms with Gasteiger partial charge >= 0.3 is 0 Å². The minimum atomic E-state index is 0.766. The van der Waals surface area contributed by atoms with E-state index in [1.54, 1.807) is 28.2 Å². The van der Waals surface area contributed by atoms with E-state index in [0.29, 0.717) is 0 Å². The van der Waals surface area contributed by atoms with Crippen LogP contribution in [0.3, 0.4) is 0 Å². The van der Waals surface area contributed by atoms with Gasteiger partial charge in [-0.2, -0.15) is 0 Å². The van der Waals surface area contributed by atoms with Gasteiger partial charge in [-0.25, -0.2) is 4.68 Å². The third-order valence-electron chi connectivity index (χ3n) is 3.52. The molecule has 0 amide bonds. The number of nitrogens with zero attached hydrogens (tertiary/aromatic N) is 3. The second-order valence-corrected chi connectivity index (χ2v) is 7.33. The van der Waals surface area contributed by atoms with Crippen LogP contribution in [0.4, 0.5) is 0 Å². The number of nitrogens with two attached hydrogens (primary N) is 1. The highest BCUT2D eigenvalue weighted by Gasteiger charge is 2.09. The summed E-state index contributed by atoms with van der Waals surface area (Å²) in [6.45, 7) is 0. The minimum Gasteiger partial charge on any atom is -0.336 e. The molecule has 0 radical (unpaired) electrons. The predicted molar refractivity (Wildman–Crippen MR) is 103 cm³/mol. The summed E-state index contributed by atoms with van der Waals surface area (Å²) in [4.78, 5) is 0. The van der Waals surface area contributed by atoms with Crippen LogP contribution in [0.1, 0.15) is 22.8 Å². The zero-order valence-corrected chi connectivity index (χ0v) is 15.0. The maximum absolute atomic E-state index is 6.13. The molecule has 0 aliphatic carbocycles. The predicted octanol–water partition coefficient (Wildman–Crippen LogP) is 3.86. The quantitative estimate of drug-likeness (QED) is 0.621. The molecule has 0 saturated heterocycles. The minimum absolute atomic E-state index is 0.766. The van der Waals surface area contributed by atoms with Crippen LogP contribution in [-0.4, -0.2) is 14.9 Å². The van der Waals surface area contributed by atoms with Gasteiger partial charge in [0.2, 0.25) is 0 Å². The highest BCUT2D eigenvalue weighted by molar-refractivity contribution is 7.98. The number of benzene rings is 2. The van der Waals surface area contributed by atoms with Crippen molar-refractivity contribution in [1.29, 1.82) is 0 Å². The summed E-state index contributed by atoms with van der Waals surface area (Å²) in [5.74, 6) is 11.2. The van der Waals surface area contributed by atoms with Gasteiger partial charge in [0.25, 0.3) is 0 Å². The van der Waals surface area contributed by atoms with E-state index in [1.165, 1.54) is 11.1 Å². The Bertz CT molecular complexity index is 681. The smallest absolute Gasteiger partial charge is 0.161 e. The van der Waals surface area contributed by atoms with Crippen molar-refractivity contribution >= 4 is 23.5 Å². The summed E-state index contributed by atoms with van der Waals surface area (Å²) in [6, 6.07) is 20.8. The van der Waals surface area contributed by atoms with Gasteiger partial charge in [0.05, 0.1) is 11.5 Å². The standard InChI is InChI=1S/C18H20N4S2/c19-22-17(13-23-11-15-7-3-1-4-8-15)20-21-18(22)14-24-12-16-9-5-2-6-10-16/h1-10H,11-14,19H2. The van der Waals surface area contributed by atoms with E-state index in [0.717, 1.165) is 34.7 Å². The van der Waals surface area contributed by atoms with E-state index in [1.807, 2.05) is 12.1 Å². The Kier molecular flexibility index (Phi) is 6.20. The average Bonchev–Trinajstić information content (AvgIpc) is 2.97. The van der Waals surface area contributed by atoms with Crippen LogP contribution in [0.5, 0.6) is 0 Å². The molecule has 0 atom stereocenters. The molecule has 3 aromatic rings. The van der Waals surface area contributed by atoms with Gasteiger partial charge in [-0.05, 0) is 11.1 Å². The van der Waals surface area contributed by atoms with Crippen LogP contribution >= 0.6 is 23.5 Å². The molecule has 124 valence electrons. The summed E-state index contributed by atoms with van der Waals surface area (Å²) >= 11 is 3.60. The molecular formula is C18H20N4S2. The largest absolute Gasteiger partial charge is 0.336 e. The molecule has 0 aliphatic rings. The number of rotatable bonds is 8. The van der Waals surface area contributed by atoms with Gasteiger partial charge < -0.3 is 5.84 Å². The molecule has 0 spiro atoms. The third-order valence-corrected chi connectivity index (χ3v) is 5.52.